The molecule has 5 heteroatoms. The van der Waals surface area contributed by atoms with Crippen molar-refractivity contribution in [2.24, 2.45) is 7.05 Å². The van der Waals surface area contributed by atoms with E-state index in [1.807, 2.05) is 31.3 Å². The molecule has 0 fully saturated rings. The molecular weight excluding hydrogens is 266 g/mol. The van der Waals surface area contributed by atoms with Crippen LogP contribution >= 0.6 is 0 Å². The van der Waals surface area contributed by atoms with E-state index in [9.17, 15) is 0 Å². The van der Waals surface area contributed by atoms with Crippen LogP contribution in [0.4, 0.5) is 0 Å². The molecule has 0 aliphatic heterocycles. The van der Waals surface area contributed by atoms with Crippen LogP contribution in [0.15, 0.2) is 30.5 Å². The monoisotopic (exact) mass is 283 g/mol. The number of pyridine rings is 1. The van der Waals surface area contributed by atoms with Crippen molar-refractivity contribution < 1.29 is 9.47 Å². The molecular formula is C16H17N3O2. The number of ether oxygens (including phenoxy) is 2. The second-order valence-electron chi connectivity index (χ2n) is 4.90. The highest BCUT2D eigenvalue weighted by Crippen LogP contribution is 2.33. The van der Waals surface area contributed by atoms with E-state index in [0.717, 1.165) is 39.4 Å². The SMILES string of the molecule is COc1cc(OC)cc(-c2nn(C)c3nccc(C)c23)c1. The van der Waals surface area contributed by atoms with Gasteiger partial charge in [0.15, 0.2) is 5.65 Å². The van der Waals surface area contributed by atoms with Crippen LogP contribution in [-0.2, 0) is 7.05 Å². The Hall–Kier alpha value is -2.56. The lowest BCUT2D eigenvalue weighted by Crippen LogP contribution is -1.92. The third-order valence-electron chi connectivity index (χ3n) is 3.56. The minimum Gasteiger partial charge on any atom is -0.497 e. The molecule has 2 heterocycles. The molecule has 3 rings (SSSR count). The molecule has 0 saturated carbocycles. The van der Waals surface area contributed by atoms with Gasteiger partial charge in [0, 0.05) is 30.3 Å². The Balaban J connectivity index is 2.30. The van der Waals surface area contributed by atoms with E-state index in [1.54, 1.807) is 25.1 Å². The third-order valence-corrected chi connectivity index (χ3v) is 3.56. The molecule has 0 radical (unpaired) electrons. The fraction of sp³-hybridized carbons (Fsp3) is 0.250. The number of nitrogens with zero attached hydrogens (tertiary/aromatic N) is 3. The summed E-state index contributed by atoms with van der Waals surface area (Å²) in [7, 11) is 5.18. The van der Waals surface area contributed by atoms with E-state index >= 15 is 0 Å². The topological polar surface area (TPSA) is 49.2 Å². The van der Waals surface area contributed by atoms with E-state index < -0.39 is 0 Å². The molecule has 1 aromatic carbocycles. The molecule has 2 aromatic heterocycles. The highest BCUT2D eigenvalue weighted by Gasteiger charge is 2.15. The van der Waals surface area contributed by atoms with Crippen LogP contribution in [0.1, 0.15) is 5.56 Å². The number of hydrogen-bond acceptors (Lipinski definition) is 4. The van der Waals surface area contributed by atoms with Gasteiger partial charge in [-0.2, -0.15) is 5.10 Å². The van der Waals surface area contributed by atoms with Crippen molar-refractivity contribution in [3.05, 3.63) is 36.0 Å². The minimum atomic E-state index is 0.740. The van der Waals surface area contributed by atoms with Gasteiger partial charge >= 0.3 is 0 Å². The number of methoxy groups -OCH3 is 2. The molecule has 0 spiro atoms. The van der Waals surface area contributed by atoms with E-state index in [4.69, 9.17) is 9.47 Å². The normalized spacial score (nSPS) is 10.9. The smallest absolute Gasteiger partial charge is 0.158 e. The van der Waals surface area contributed by atoms with Gasteiger partial charge < -0.3 is 9.47 Å². The van der Waals surface area contributed by atoms with Gasteiger partial charge in [0.25, 0.3) is 0 Å². The first kappa shape index (κ1) is 13.4. The lowest BCUT2D eigenvalue weighted by molar-refractivity contribution is 0.394. The predicted molar refractivity (Wildman–Crippen MR) is 81.8 cm³/mol. The fourth-order valence-electron chi connectivity index (χ4n) is 2.48. The van der Waals surface area contributed by atoms with Crippen LogP contribution in [0, 0.1) is 6.92 Å². The van der Waals surface area contributed by atoms with Crippen LogP contribution in [0.2, 0.25) is 0 Å². The third kappa shape index (κ3) is 2.20. The first-order valence-electron chi connectivity index (χ1n) is 6.66. The van der Waals surface area contributed by atoms with E-state index in [-0.39, 0.29) is 0 Å². The van der Waals surface area contributed by atoms with Gasteiger partial charge in [-0.1, -0.05) is 0 Å². The van der Waals surface area contributed by atoms with E-state index in [1.165, 1.54) is 0 Å². The Morgan fingerprint density at radius 1 is 1.05 bits per heavy atom. The predicted octanol–water partition coefficient (Wildman–Crippen LogP) is 2.96. The second-order valence-corrected chi connectivity index (χ2v) is 4.90. The van der Waals surface area contributed by atoms with Crippen molar-refractivity contribution in [3.8, 4) is 22.8 Å². The molecule has 0 bridgehead atoms. The number of hydrogen-bond donors (Lipinski definition) is 0. The highest BCUT2D eigenvalue weighted by atomic mass is 16.5. The molecule has 0 unspecified atom stereocenters. The Kier molecular flexibility index (Phi) is 3.25. The second kappa shape index (κ2) is 5.09. The van der Waals surface area contributed by atoms with Gasteiger partial charge in [-0.15, -0.1) is 0 Å². The number of aromatic nitrogens is 3. The van der Waals surface area contributed by atoms with Crippen molar-refractivity contribution >= 4 is 11.0 Å². The zero-order valence-electron chi connectivity index (χ0n) is 12.5. The maximum atomic E-state index is 5.34. The quantitative estimate of drug-likeness (QED) is 0.741. The van der Waals surface area contributed by atoms with Gasteiger partial charge in [0.1, 0.15) is 17.2 Å². The zero-order valence-corrected chi connectivity index (χ0v) is 12.5. The molecule has 0 saturated heterocycles. The Bertz CT molecular complexity index is 786. The average molecular weight is 283 g/mol. The molecule has 108 valence electrons. The van der Waals surface area contributed by atoms with Gasteiger partial charge in [-0.05, 0) is 30.7 Å². The maximum absolute atomic E-state index is 5.34. The van der Waals surface area contributed by atoms with Crippen LogP contribution in [0.25, 0.3) is 22.3 Å². The standard InChI is InChI=1S/C16H17N3O2/c1-10-5-6-17-16-14(10)15(18-19(16)2)11-7-12(20-3)9-13(8-11)21-4/h5-9H,1-4H3. The summed E-state index contributed by atoms with van der Waals surface area (Å²) >= 11 is 0. The van der Waals surface area contributed by atoms with Crippen molar-refractivity contribution in [2.75, 3.05) is 14.2 Å². The summed E-state index contributed by atoms with van der Waals surface area (Å²) < 4.78 is 12.5. The Labute approximate surface area is 123 Å². The highest BCUT2D eigenvalue weighted by molar-refractivity contribution is 5.94. The van der Waals surface area contributed by atoms with Gasteiger partial charge in [-0.25, -0.2) is 9.67 Å². The summed E-state index contributed by atoms with van der Waals surface area (Å²) in [5.41, 5.74) is 3.85. The summed E-state index contributed by atoms with van der Waals surface area (Å²) in [6.45, 7) is 2.06. The number of aryl methyl sites for hydroxylation is 2. The van der Waals surface area contributed by atoms with Gasteiger partial charge in [-0.3, -0.25) is 0 Å². The van der Waals surface area contributed by atoms with Crippen LogP contribution in [0.5, 0.6) is 11.5 Å². The summed E-state index contributed by atoms with van der Waals surface area (Å²) in [5, 5.41) is 5.67. The molecule has 0 N–H and O–H groups in total. The minimum absolute atomic E-state index is 0.740. The van der Waals surface area contributed by atoms with E-state index in [2.05, 4.69) is 17.0 Å². The van der Waals surface area contributed by atoms with Gasteiger partial charge in [0.05, 0.1) is 14.2 Å². The first-order valence-corrected chi connectivity index (χ1v) is 6.66. The zero-order chi connectivity index (χ0) is 15.0. The van der Waals surface area contributed by atoms with Crippen molar-refractivity contribution in [3.63, 3.8) is 0 Å². The van der Waals surface area contributed by atoms with Crippen LogP contribution in [-0.4, -0.2) is 29.0 Å². The Morgan fingerprint density at radius 2 is 1.71 bits per heavy atom. The molecule has 5 nitrogen and oxygen atoms in total. The van der Waals surface area contributed by atoms with Crippen molar-refractivity contribution in [2.45, 2.75) is 6.92 Å². The average Bonchev–Trinajstić information content (AvgIpc) is 2.85. The molecule has 0 atom stereocenters. The maximum Gasteiger partial charge on any atom is 0.158 e. The lowest BCUT2D eigenvalue weighted by Gasteiger charge is -2.07. The number of benzene rings is 1. The molecule has 3 aromatic rings. The van der Waals surface area contributed by atoms with Crippen molar-refractivity contribution in [1.29, 1.82) is 0 Å². The van der Waals surface area contributed by atoms with Crippen LogP contribution < -0.4 is 9.47 Å². The molecule has 0 aliphatic rings. The molecule has 21 heavy (non-hydrogen) atoms. The van der Waals surface area contributed by atoms with E-state index in [0.29, 0.717) is 0 Å². The largest absolute Gasteiger partial charge is 0.497 e. The summed E-state index contributed by atoms with van der Waals surface area (Å²) in [5.74, 6) is 1.48. The molecule has 0 amide bonds. The van der Waals surface area contributed by atoms with Crippen LogP contribution in [0.3, 0.4) is 0 Å². The summed E-state index contributed by atoms with van der Waals surface area (Å²) in [6, 6.07) is 7.75. The molecule has 0 aliphatic carbocycles. The Morgan fingerprint density at radius 3 is 2.33 bits per heavy atom. The van der Waals surface area contributed by atoms with Crippen molar-refractivity contribution in [1.82, 2.24) is 14.8 Å². The van der Waals surface area contributed by atoms with Gasteiger partial charge in [0.2, 0.25) is 0 Å². The summed E-state index contributed by atoms with van der Waals surface area (Å²) in [4.78, 5) is 4.41. The first-order chi connectivity index (χ1) is 10.1. The number of rotatable bonds is 3. The fourth-order valence-corrected chi connectivity index (χ4v) is 2.48. The number of fused-ring (bicyclic) bond motifs is 1. The summed E-state index contributed by atoms with van der Waals surface area (Å²) in [6.07, 6.45) is 1.80. The lowest BCUT2D eigenvalue weighted by atomic mass is 10.1.